The zero-order valence-electron chi connectivity index (χ0n) is 7.63. The van der Waals surface area contributed by atoms with Gasteiger partial charge >= 0.3 is 0 Å². The zero-order chi connectivity index (χ0) is 9.73. The van der Waals surface area contributed by atoms with Crippen LogP contribution in [0.4, 0.5) is 0 Å². The summed E-state index contributed by atoms with van der Waals surface area (Å²) in [5.74, 6) is 5.31. The number of nitrogens with one attached hydrogen (secondary N) is 2. The predicted octanol–water partition coefficient (Wildman–Crippen LogP) is -0.709. The highest BCUT2D eigenvalue weighted by atomic mass is 32.2. The molecule has 0 amide bonds. The Bertz CT molecular complexity index is 307. The van der Waals surface area contributed by atoms with Crippen molar-refractivity contribution in [3.8, 4) is 11.8 Å². The molecule has 0 saturated carbocycles. The fourth-order valence-corrected chi connectivity index (χ4v) is 2.51. The molecule has 1 rings (SSSR count). The molecular weight excluding hydrogens is 188 g/mol. The van der Waals surface area contributed by atoms with Crippen molar-refractivity contribution in [2.45, 2.75) is 18.6 Å². The van der Waals surface area contributed by atoms with Gasteiger partial charge in [0.25, 0.3) is 0 Å². The van der Waals surface area contributed by atoms with Gasteiger partial charge in [0, 0.05) is 6.54 Å². The molecule has 0 aromatic rings. The fourth-order valence-electron chi connectivity index (χ4n) is 1.24. The minimum absolute atomic E-state index is 0.218. The molecule has 1 aliphatic heterocycles. The largest absolute Gasteiger partial charge is 0.315 e. The summed E-state index contributed by atoms with van der Waals surface area (Å²) in [4.78, 5) is 0. The van der Waals surface area contributed by atoms with Crippen LogP contribution in [0.5, 0.6) is 0 Å². The number of hydrogen-bond acceptors (Lipinski definition) is 3. The molecule has 1 aliphatic rings. The fraction of sp³-hybridized carbons (Fsp3) is 0.750. The summed E-state index contributed by atoms with van der Waals surface area (Å²) in [6, 6.07) is 0. The zero-order valence-corrected chi connectivity index (χ0v) is 8.45. The second-order valence-electron chi connectivity index (χ2n) is 2.91. The van der Waals surface area contributed by atoms with Crippen LogP contribution in [-0.2, 0) is 10.0 Å². The van der Waals surface area contributed by atoms with E-state index in [1.807, 2.05) is 0 Å². The topological polar surface area (TPSA) is 58.2 Å². The first kappa shape index (κ1) is 10.5. The maximum atomic E-state index is 11.5. The van der Waals surface area contributed by atoms with Crippen molar-refractivity contribution in [3.05, 3.63) is 0 Å². The normalized spacial score (nSPS) is 22.4. The second kappa shape index (κ2) is 4.61. The van der Waals surface area contributed by atoms with Crippen molar-refractivity contribution >= 4 is 10.0 Å². The third-order valence-corrected chi connectivity index (χ3v) is 3.82. The van der Waals surface area contributed by atoms with Gasteiger partial charge in [-0.25, -0.2) is 13.1 Å². The molecule has 0 aromatic heterocycles. The van der Waals surface area contributed by atoms with Crippen molar-refractivity contribution in [2.75, 3.05) is 19.6 Å². The Labute approximate surface area is 79.1 Å². The maximum Gasteiger partial charge on any atom is 0.216 e. The van der Waals surface area contributed by atoms with E-state index >= 15 is 0 Å². The summed E-state index contributed by atoms with van der Waals surface area (Å²) in [5, 5.41) is 2.73. The Kier molecular flexibility index (Phi) is 3.72. The van der Waals surface area contributed by atoms with Gasteiger partial charge in [-0.2, -0.15) is 0 Å². The van der Waals surface area contributed by atoms with Gasteiger partial charge in [0.05, 0.1) is 11.8 Å². The molecule has 0 aromatic carbocycles. The average Bonchev–Trinajstić information content (AvgIpc) is 2.56. The van der Waals surface area contributed by atoms with Gasteiger partial charge in [-0.1, -0.05) is 5.92 Å². The number of hydrogen-bond donors (Lipinski definition) is 2. The Morgan fingerprint density at radius 1 is 1.62 bits per heavy atom. The molecule has 1 unspecified atom stereocenters. The molecule has 74 valence electrons. The first-order chi connectivity index (χ1) is 6.17. The van der Waals surface area contributed by atoms with Crippen LogP contribution in [0.15, 0.2) is 0 Å². The average molecular weight is 202 g/mol. The molecular formula is C8H14N2O2S. The van der Waals surface area contributed by atoms with Crippen LogP contribution in [0, 0.1) is 11.8 Å². The van der Waals surface area contributed by atoms with Crippen LogP contribution in [0.2, 0.25) is 0 Å². The molecule has 4 nitrogen and oxygen atoms in total. The first-order valence-electron chi connectivity index (χ1n) is 4.25. The van der Waals surface area contributed by atoms with Crippen LogP contribution in [-0.4, -0.2) is 33.3 Å². The molecule has 0 spiro atoms. The summed E-state index contributed by atoms with van der Waals surface area (Å²) < 4.78 is 25.4. The lowest BCUT2D eigenvalue weighted by atomic mass is 10.4. The van der Waals surface area contributed by atoms with Crippen molar-refractivity contribution in [1.82, 2.24) is 10.0 Å². The van der Waals surface area contributed by atoms with E-state index in [0.717, 1.165) is 6.54 Å². The lowest BCUT2D eigenvalue weighted by Gasteiger charge is -2.09. The minimum atomic E-state index is -3.15. The third kappa shape index (κ3) is 2.99. The van der Waals surface area contributed by atoms with Gasteiger partial charge in [0.1, 0.15) is 0 Å². The van der Waals surface area contributed by atoms with E-state index in [1.54, 1.807) is 6.92 Å². The Hall–Kier alpha value is -0.570. The molecule has 13 heavy (non-hydrogen) atoms. The molecule has 0 bridgehead atoms. The maximum absolute atomic E-state index is 11.5. The van der Waals surface area contributed by atoms with E-state index < -0.39 is 10.0 Å². The minimum Gasteiger partial charge on any atom is -0.315 e. The molecule has 1 heterocycles. The monoisotopic (exact) mass is 202 g/mol. The Morgan fingerprint density at radius 3 is 2.92 bits per heavy atom. The van der Waals surface area contributed by atoms with E-state index in [-0.39, 0.29) is 11.8 Å². The smallest absolute Gasteiger partial charge is 0.216 e. The van der Waals surface area contributed by atoms with Crippen LogP contribution in [0.3, 0.4) is 0 Å². The van der Waals surface area contributed by atoms with Crippen LogP contribution in [0.25, 0.3) is 0 Å². The van der Waals surface area contributed by atoms with Gasteiger partial charge in [0.15, 0.2) is 0 Å². The second-order valence-corrected chi connectivity index (χ2v) is 4.95. The van der Waals surface area contributed by atoms with E-state index in [9.17, 15) is 8.42 Å². The van der Waals surface area contributed by atoms with E-state index in [4.69, 9.17) is 0 Å². The summed E-state index contributed by atoms with van der Waals surface area (Å²) in [6.07, 6.45) is 0.689. The highest BCUT2D eigenvalue weighted by Crippen LogP contribution is 2.07. The highest BCUT2D eigenvalue weighted by Gasteiger charge is 2.27. The van der Waals surface area contributed by atoms with Crippen LogP contribution in [0.1, 0.15) is 13.3 Å². The lowest BCUT2D eigenvalue weighted by Crippen LogP contribution is -2.35. The third-order valence-electron chi connectivity index (χ3n) is 1.99. The Morgan fingerprint density at radius 2 is 2.38 bits per heavy atom. The van der Waals surface area contributed by atoms with Gasteiger partial charge < -0.3 is 5.32 Å². The molecule has 5 heteroatoms. The standard InChI is InChI=1S/C8H14N2O2S/c1-2-3-5-10-13(11,12)8-4-6-9-7-8/h8-10H,4-7H2,1H3. The van der Waals surface area contributed by atoms with Gasteiger partial charge in [-0.05, 0) is 19.9 Å². The summed E-state index contributed by atoms with van der Waals surface area (Å²) >= 11 is 0. The summed E-state index contributed by atoms with van der Waals surface area (Å²) in [6.45, 7) is 3.24. The van der Waals surface area contributed by atoms with Gasteiger partial charge in [-0.3, -0.25) is 0 Å². The quantitative estimate of drug-likeness (QED) is 0.594. The SMILES string of the molecule is CC#CCNS(=O)(=O)C1CCNC1. The van der Waals surface area contributed by atoms with Crippen LogP contribution < -0.4 is 10.0 Å². The molecule has 1 fully saturated rings. The molecule has 0 radical (unpaired) electrons. The van der Waals surface area contributed by atoms with Crippen molar-refractivity contribution in [2.24, 2.45) is 0 Å². The van der Waals surface area contributed by atoms with Crippen LogP contribution >= 0.6 is 0 Å². The van der Waals surface area contributed by atoms with Crippen molar-refractivity contribution < 1.29 is 8.42 Å². The molecule has 1 saturated heterocycles. The molecule has 0 aliphatic carbocycles. The first-order valence-corrected chi connectivity index (χ1v) is 5.80. The summed E-state index contributed by atoms with van der Waals surface area (Å²) in [7, 11) is -3.15. The highest BCUT2D eigenvalue weighted by molar-refractivity contribution is 7.90. The Balaban J connectivity index is 2.48. The van der Waals surface area contributed by atoms with Gasteiger partial charge in [-0.15, -0.1) is 5.92 Å². The summed E-state index contributed by atoms with van der Waals surface area (Å²) in [5.41, 5.74) is 0. The number of rotatable bonds is 3. The van der Waals surface area contributed by atoms with E-state index in [1.165, 1.54) is 0 Å². The van der Waals surface area contributed by atoms with Crippen molar-refractivity contribution in [3.63, 3.8) is 0 Å². The van der Waals surface area contributed by atoms with Crippen molar-refractivity contribution in [1.29, 1.82) is 0 Å². The predicted molar refractivity (Wildman–Crippen MR) is 51.6 cm³/mol. The number of sulfonamides is 1. The van der Waals surface area contributed by atoms with Gasteiger partial charge in [0.2, 0.25) is 10.0 Å². The van der Waals surface area contributed by atoms with E-state index in [2.05, 4.69) is 21.9 Å². The molecule has 2 N–H and O–H groups in total. The lowest BCUT2D eigenvalue weighted by molar-refractivity contribution is 0.572. The van der Waals surface area contributed by atoms with E-state index in [0.29, 0.717) is 13.0 Å². The molecule has 1 atom stereocenters.